The fourth-order valence-corrected chi connectivity index (χ4v) is 1.87. The molecule has 0 bridgehead atoms. The zero-order valence-electron chi connectivity index (χ0n) is 11.5. The van der Waals surface area contributed by atoms with Crippen LogP contribution in [0.3, 0.4) is 0 Å². The van der Waals surface area contributed by atoms with Gasteiger partial charge in [0.05, 0.1) is 5.69 Å². The summed E-state index contributed by atoms with van der Waals surface area (Å²) >= 11 is 0. The average molecular weight is 257 g/mol. The van der Waals surface area contributed by atoms with Crippen molar-refractivity contribution in [3.63, 3.8) is 0 Å². The molecule has 100 valence electrons. The first-order valence-electron chi connectivity index (χ1n) is 6.34. The van der Waals surface area contributed by atoms with Crippen LogP contribution in [-0.2, 0) is 4.79 Å². The van der Waals surface area contributed by atoms with Gasteiger partial charge in [0, 0.05) is 23.9 Å². The molecular weight excluding hydrogens is 238 g/mol. The maximum atomic E-state index is 11.9. The standard InChI is InChI=1S/C15H19N3O/c1-15(2,3)10-14(19)17-12-6-4-5-11(9-12)13-7-8-16-18-13/h4-9H,10H2,1-3H3,(H,16,18)(H,17,19). The first-order chi connectivity index (χ1) is 8.94. The van der Waals surface area contributed by atoms with Gasteiger partial charge in [0.1, 0.15) is 0 Å². The summed E-state index contributed by atoms with van der Waals surface area (Å²) in [7, 11) is 0. The number of nitrogens with zero attached hydrogens (tertiary/aromatic N) is 1. The second-order valence-corrected chi connectivity index (χ2v) is 5.84. The largest absolute Gasteiger partial charge is 0.326 e. The van der Waals surface area contributed by atoms with Gasteiger partial charge in [-0.15, -0.1) is 0 Å². The third-order valence-corrected chi connectivity index (χ3v) is 2.65. The molecule has 1 aromatic carbocycles. The fraction of sp³-hybridized carbons (Fsp3) is 0.333. The third kappa shape index (κ3) is 3.95. The average Bonchev–Trinajstić information content (AvgIpc) is 2.79. The van der Waals surface area contributed by atoms with E-state index in [9.17, 15) is 4.79 Å². The number of hydrogen-bond acceptors (Lipinski definition) is 2. The van der Waals surface area contributed by atoms with Crippen molar-refractivity contribution in [3.8, 4) is 11.3 Å². The number of carbonyl (C=O) groups excluding carboxylic acids is 1. The quantitative estimate of drug-likeness (QED) is 0.884. The molecule has 0 aliphatic rings. The number of anilines is 1. The normalized spacial score (nSPS) is 11.3. The summed E-state index contributed by atoms with van der Waals surface area (Å²) in [6, 6.07) is 9.63. The molecular formula is C15H19N3O. The van der Waals surface area contributed by atoms with E-state index in [0.29, 0.717) is 6.42 Å². The van der Waals surface area contributed by atoms with Crippen molar-refractivity contribution in [3.05, 3.63) is 36.5 Å². The Morgan fingerprint density at radius 1 is 1.32 bits per heavy atom. The molecule has 0 fully saturated rings. The summed E-state index contributed by atoms with van der Waals surface area (Å²) in [5.74, 6) is 0.0364. The fourth-order valence-electron chi connectivity index (χ4n) is 1.87. The summed E-state index contributed by atoms with van der Waals surface area (Å²) in [6.07, 6.45) is 2.21. The van der Waals surface area contributed by atoms with Gasteiger partial charge in [0.25, 0.3) is 0 Å². The lowest BCUT2D eigenvalue weighted by Gasteiger charge is -2.17. The zero-order chi connectivity index (χ0) is 13.9. The van der Waals surface area contributed by atoms with E-state index in [0.717, 1.165) is 16.9 Å². The highest BCUT2D eigenvalue weighted by molar-refractivity contribution is 5.91. The Hall–Kier alpha value is -2.10. The molecule has 0 spiro atoms. The first-order valence-corrected chi connectivity index (χ1v) is 6.34. The number of carbonyl (C=O) groups is 1. The van der Waals surface area contributed by atoms with Gasteiger partial charge < -0.3 is 5.32 Å². The van der Waals surface area contributed by atoms with Crippen molar-refractivity contribution >= 4 is 11.6 Å². The van der Waals surface area contributed by atoms with Gasteiger partial charge in [0.2, 0.25) is 5.91 Å². The summed E-state index contributed by atoms with van der Waals surface area (Å²) in [6.45, 7) is 6.15. The van der Waals surface area contributed by atoms with Crippen LogP contribution >= 0.6 is 0 Å². The number of amides is 1. The van der Waals surface area contributed by atoms with Crippen LogP contribution in [-0.4, -0.2) is 16.1 Å². The molecule has 0 aliphatic heterocycles. The molecule has 1 heterocycles. The van der Waals surface area contributed by atoms with Gasteiger partial charge in [-0.3, -0.25) is 9.89 Å². The maximum absolute atomic E-state index is 11.9. The zero-order valence-corrected chi connectivity index (χ0v) is 11.5. The van der Waals surface area contributed by atoms with Crippen LogP contribution in [0.4, 0.5) is 5.69 Å². The number of aromatic nitrogens is 2. The van der Waals surface area contributed by atoms with Gasteiger partial charge in [-0.05, 0) is 23.6 Å². The predicted octanol–water partition coefficient (Wildman–Crippen LogP) is 3.45. The van der Waals surface area contributed by atoms with Gasteiger partial charge in [-0.2, -0.15) is 5.10 Å². The Balaban J connectivity index is 2.10. The second-order valence-electron chi connectivity index (χ2n) is 5.84. The van der Waals surface area contributed by atoms with E-state index in [1.807, 2.05) is 51.1 Å². The Morgan fingerprint density at radius 2 is 2.11 bits per heavy atom. The van der Waals surface area contributed by atoms with E-state index in [2.05, 4.69) is 15.5 Å². The van der Waals surface area contributed by atoms with E-state index in [4.69, 9.17) is 0 Å². The molecule has 0 atom stereocenters. The van der Waals surface area contributed by atoms with Crippen molar-refractivity contribution in [1.29, 1.82) is 0 Å². The van der Waals surface area contributed by atoms with Crippen molar-refractivity contribution in [2.24, 2.45) is 5.41 Å². The number of rotatable bonds is 3. The molecule has 4 heteroatoms. The molecule has 0 unspecified atom stereocenters. The molecule has 0 saturated heterocycles. The topological polar surface area (TPSA) is 57.8 Å². The van der Waals surface area contributed by atoms with Crippen molar-refractivity contribution in [2.75, 3.05) is 5.32 Å². The van der Waals surface area contributed by atoms with Crippen LogP contribution < -0.4 is 5.32 Å². The third-order valence-electron chi connectivity index (χ3n) is 2.65. The van der Waals surface area contributed by atoms with Crippen molar-refractivity contribution in [2.45, 2.75) is 27.2 Å². The van der Waals surface area contributed by atoms with E-state index in [1.54, 1.807) is 6.20 Å². The Kier molecular flexibility index (Phi) is 3.69. The number of aromatic amines is 1. The van der Waals surface area contributed by atoms with Gasteiger partial charge >= 0.3 is 0 Å². The summed E-state index contributed by atoms with van der Waals surface area (Å²) in [4.78, 5) is 11.9. The summed E-state index contributed by atoms with van der Waals surface area (Å²) in [5, 5.41) is 9.76. The summed E-state index contributed by atoms with van der Waals surface area (Å²) < 4.78 is 0. The molecule has 4 nitrogen and oxygen atoms in total. The second kappa shape index (κ2) is 5.26. The number of nitrogens with one attached hydrogen (secondary N) is 2. The predicted molar refractivity (Wildman–Crippen MR) is 76.7 cm³/mol. The Bertz CT molecular complexity index is 553. The van der Waals surface area contributed by atoms with Crippen molar-refractivity contribution < 1.29 is 4.79 Å². The lowest BCUT2D eigenvalue weighted by Crippen LogP contribution is -2.19. The Labute approximate surface area is 113 Å². The van der Waals surface area contributed by atoms with E-state index in [1.165, 1.54) is 0 Å². The van der Waals surface area contributed by atoms with Crippen LogP contribution in [0.5, 0.6) is 0 Å². The van der Waals surface area contributed by atoms with E-state index < -0.39 is 0 Å². The molecule has 0 saturated carbocycles. The monoisotopic (exact) mass is 257 g/mol. The first kappa shape index (κ1) is 13.3. The Morgan fingerprint density at radius 3 is 2.74 bits per heavy atom. The highest BCUT2D eigenvalue weighted by Crippen LogP contribution is 2.22. The molecule has 2 aromatic rings. The van der Waals surface area contributed by atoms with Crippen molar-refractivity contribution in [1.82, 2.24) is 10.2 Å². The van der Waals surface area contributed by atoms with E-state index >= 15 is 0 Å². The summed E-state index contributed by atoms with van der Waals surface area (Å²) in [5.41, 5.74) is 2.74. The van der Waals surface area contributed by atoms with Crippen LogP contribution in [0.1, 0.15) is 27.2 Å². The lowest BCUT2D eigenvalue weighted by atomic mass is 9.92. The molecule has 1 aromatic heterocycles. The van der Waals surface area contributed by atoms with Crippen LogP contribution in [0.15, 0.2) is 36.5 Å². The molecule has 0 radical (unpaired) electrons. The number of benzene rings is 1. The van der Waals surface area contributed by atoms with Gasteiger partial charge in [-0.1, -0.05) is 32.9 Å². The van der Waals surface area contributed by atoms with Crippen LogP contribution in [0.2, 0.25) is 0 Å². The van der Waals surface area contributed by atoms with Crippen LogP contribution in [0.25, 0.3) is 11.3 Å². The van der Waals surface area contributed by atoms with Crippen LogP contribution in [0, 0.1) is 5.41 Å². The SMILES string of the molecule is CC(C)(C)CC(=O)Nc1cccc(-c2ccn[nH]2)c1. The van der Waals surface area contributed by atoms with Gasteiger partial charge in [0.15, 0.2) is 0 Å². The minimum absolute atomic E-state index is 0.00886. The maximum Gasteiger partial charge on any atom is 0.224 e. The molecule has 2 rings (SSSR count). The lowest BCUT2D eigenvalue weighted by molar-refractivity contribution is -0.117. The smallest absolute Gasteiger partial charge is 0.224 e. The highest BCUT2D eigenvalue weighted by Gasteiger charge is 2.16. The molecule has 2 N–H and O–H groups in total. The molecule has 0 aliphatic carbocycles. The minimum Gasteiger partial charge on any atom is -0.326 e. The highest BCUT2D eigenvalue weighted by atomic mass is 16.1. The molecule has 19 heavy (non-hydrogen) atoms. The molecule has 1 amide bonds. The van der Waals surface area contributed by atoms with E-state index in [-0.39, 0.29) is 11.3 Å². The number of hydrogen-bond donors (Lipinski definition) is 2. The van der Waals surface area contributed by atoms with Gasteiger partial charge in [-0.25, -0.2) is 0 Å². The number of H-pyrrole nitrogens is 1. The minimum atomic E-state index is -0.00886.